The number of benzene rings is 2. The molecule has 5 rings (SSSR count). The molecule has 9 heteroatoms. The third kappa shape index (κ3) is 6.92. The van der Waals surface area contributed by atoms with E-state index in [-0.39, 0.29) is 11.8 Å². The van der Waals surface area contributed by atoms with Gasteiger partial charge in [-0.25, -0.2) is 0 Å². The van der Waals surface area contributed by atoms with Crippen LogP contribution in [0.2, 0.25) is 0 Å². The summed E-state index contributed by atoms with van der Waals surface area (Å²) in [6.07, 6.45) is 6.93. The Morgan fingerprint density at radius 2 is 1.91 bits per heavy atom. The average molecular weight is 639 g/mol. The standard InChI is InChI=1S/C37H46N6O2S/c1-7-26-19-32-33(12-10-18-41-32)46(45)43(22-26)23-28-20-27(14-13-24(28)3)34(30-15-16-31(40-8-2)35(38)25(30)4)37(5,6)36(44)42-29-11-9-17-39-21-29/h9-18,20-21,26,34,40H,7-8,19,22-23,38H2,1-6H3,(H,42,44)/t26-,34?,46?/m0/s1. The van der Waals surface area contributed by atoms with Crippen LogP contribution in [0.3, 0.4) is 0 Å². The molecule has 0 aliphatic carbocycles. The number of carbonyl (C=O) groups is 1. The molecule has 2 unspecified atom stereocenters. The van der Waals surface area contributed by atoms with Crippen LogP contribution >= 0.6 is 0 Å². The number of aromatic nitrogens is 2. The molecule has 1 aliphatic heterocycles. The molecule has 4 aromatic rings. The van der Waals surface area contributed by atoms with Gasteiger partial charge >= 0.3 is 0 Å². The number of nitrogen functional groups attached to an aromatic ring is 1. The minimum absolute atomic E-state index is 0.120. The number of hydrogen-bond donors (Lipinski definition) is 3. The molecule has 3 heterocycles. The van der Waals surface area contributed by atoms with Gasteiger partial charge in [-0.1, -0.05) is 51.5 Å². The van der Waals surface area contributed by atoms with Crippen LogP contribution in [0.5, 0.6) is 0 Å². The smallest absolute Gasteiger partial charge is 0.231 e. The molecule has 0 spiro atoms. The van der Waals surface area contributed by atoms with Crippen LogP contribution in [0.15, 0.2) is 78.1 Å². The Balaban J connectivity index is 1.58. The summed E-state index contributed by atoms with van der Waals surface area (Å²) in [6, 6.07) is 18.0. The van der Waals surface area contributed by atoms with Crippen molar-refractivity contribution in [1.29, 1.82) is 0 Å². The number of aryl methyl sites for hydroxylation is 1. The quantitative estimate of drug-likeness (QED) is 0.126. The zero-order chi connectivity index (χ0) is 33.0. The fraction of sp³-hybridized carbons (Fsp3) is 0.378. The van der Waals surface area contributed by atoms with Crippen molar-refractivity contribution in [2.45, 2.75) is 71.7 Å². The zero-order valence-electron chi connectivity index (χ0n) is 27.8. The lowest BCUT2D eigenvalue weighted by Crippen LogP contribution is -2.37. The highest BCUT2D eigenvalue weighted by molar-refractivity contribution is 7.89. The number of anilines is 3. The van der Waals surface area contributed by atoms with Crippen LogP contribution in [0, 0.1) is 25.2 Å². The first kappa shape index (κ1) is 33.4. The third-order valence-electron chi connectivity index (χ3n) is 9.31. The summed E-state index contributed by atoms with van der Waals surface area (Å²) < 4.78 is 16.0. The maximum atomic E-state index is 14.1. The lowest BCUT2D eigenvalue weighted by atomic mass is 9.69. The summed E-state index contributed by atoms with van der Waals surface area (Å²) >= 11 is -1.34. The number of nitrogens with zero attached hydrogens (tertiary/aromatic N) is 3. The van der Waals surface area contributed by atoms with E-state index in [0.717, 1.165) is 63.5 Å². The molecule has 1 aliphatic rings. The van der Waals surface area contributed by atoms with Crippen LogP contribution in [0.25, 0.3) is 0 Å². The second-order valence-corrected chi connectivity index (χ2v) is 14.3. The van der Waals surface area contributed by atoms with E-state index in [2.05, 4.69) is 63.0 Å². The number of fused-ring (bicyclic) bond motifs is 1. The molecule has 1 amide bonds. The van der Waals surface area contributed by atoms with E-state index in [4.69, 9.17) is 5.73 Å². The first-order valence-corrected chi connectivity index (χ1v) is 17.2. The van der Waals surface area contributed by atoms with Gasteiger partial charge in [0.1, 0.15) is 0 Å². The second kappa shape index (κ2) is 14.2. The Hall–Kier alpha value is -3.92. The van der Waals surface area contributed by atoms with E-state index in [9.17, 15) is 9.35 Å². The zero-order valence-corrected chi connectivity index (χ0v) is 28.6. The molecule has 2 aromatic carbocycles. The van der Waals surface area contributed by atoms with Gasteiger partial charge in [-0.05, 0) is 91.3 Å². The molecule has 0 fully saturated rings. The molecule has 0 saturated heterocycles. The molecule has 0 bridgehead atoms. The third-order valence-corrected chi connectivity index (χ3v) is 10.8. The van der Waals surface area contributed by atoms with E-state index in [1.165, 1.54) is 0 Å². The monoisotopic (exact) mass is 638 g/mol. The summed E-state index contributed by atoms with van der Waals surface area (Å²) in [5.41, 5.74) is 14.1. The number of amides is 1. The maximum Gasteiger partial charge on any atom is 0.231 e. The van der Waals surface area contributed by atoms with Gasteiger partial charge in [0, 0.05) is 31.4 Å². The van der Waals surface area contributed by atoms with Crippen LogP contribution in [0.4, 0.5) is 17.1 Å². The molecule has 46 heavy (non-hydrogen) atoms. The highest BCUT2D eigenvalue weighted by atomic mass is 32.2. The van der Waals surface area contributed by atoms with Crippen molar-refractivity contribution in [1.82, 2.24) is 14.3 Å². The van der Waals surface area contributed by atoms with Crippen molar-refractivity contribution in [3.05, 3.63) is 107 Å². The van der Waals surface area contributed by atoms with Gasteiger partial charge in [-0.15, -0.1) is 4.31 Å². The van der Waals surface area contributed by atoms with E-state index in [0.29, 0.717) is 30.4 Å². The molecule has 242 valence electrons. The van der Waals surface area contributed by atoms with Gasteiger partial charge in [0.2, 0.25) is 5.91 Å². The summed E-state index contributed by atoms with van der Waals surface area (Å²) in [7, 11) is 0. The van der Waals surface area contributed by atoms with E-state index in [1.54, 1.807) is 24.7 Å². The number of pyridine rings is 2. The van der Waals surface area contributed by atoms with E-state index < -0.39 is 16.8 Å². The van der Waals surface area contributed by atoms with Gasteiger partial charge < -0.3 is 20.9 Å². The average Bonchev–Trinajstić information content (AvgIpc) is 3.18. The Morgan fingerprint density at radius 1 is 1.13 bits per heavy atom. The number of carbonyl (C=O) groups excluding carboxylic acids is 1. The number of nitrogens with one attached hydrogen (secondary N) is 2. The lowest BCUT2D eigenvalue weighted by Gasteiger charge is -2.36. The molecule has 8 nitrogen and oxygen atoms in total. The van der Waals surface area contributed by atoms with Crippen LogP contribution < -0.4 is 16.4 Å². The highest BCUT2D eigenvalue weighted by Gasteiger charge is 2.41. The van der Waals surface area contributed by atoms with Crippen molar-refractivity contribution in [2.75, 3.05) is 29.5 Å². The summed E-state index contributed by atoms with van der Waals surface area (Å²) in [5.74, 6) is -0.0957. The second-order valence-electron chi connectivity index (χ2n) is 12.8. The normalized spacial score (nSPS) is 17.5. The number of hydrogen-bond acceptors (Lipinski definition) is 7. The molecule has 0 radical (unpaired) electrons. The Morgan fingerprint density at radius 3 is 2.63 bits per heavy atom. The topological polar surface area (TPSA) is 119 Å². The van der Waals surface area contributed by atoms with Crippen LogP contribution in [0.1, 0.15) is 73.5 Å². The Labute approximate surface area is 276 Å². The van der Waals surface area contributed by atoms with Gasteiger partial charge in [0.25, 0.3) is 0 Å². The van der Waals surface area contributed by atoms with E-state index in [1.807, 2.05) is 52.0 Å². The highest BCUT2D eigenvalue weighted by Crippen LogP contribution is 2.45. The fourth-order valence-electron chi connectivity index (χ4n) is 6.44. The lowest BCUT2D eigenvalue weighted by molar-refractivity contribution is -0.124. The Bertz CT molecular complexity index is 1680. The van der Waals surface area contributed by atoms with Crippen LogP contribution in [-0.2, 0) is 29.1 Å². The first-order valence-electron chi connectivity index (χ1n) is 16.1. The fourth-order valence-corrected chi connectivity index (χ4v) is 7.86. The van der Waals surface area contributed by atoms with Gasteiger partial charge in [-0.3, -0.25) is 14.8 Å². The van der Waals surface area contributed by atoms with Crippen molar-refractivity contribution in [2.24, 2.45) is 11.3 Å². The van der Waals surface area contributed by atoms with Gasteiger partial charge in [0.05, 0.1) is 52.3 Å². The predicted octanol–water partition coefficient (Wildman–Crippen LogP) is 7.01. The molecule has 0 saturated carbocycles. The molecule has 3 atom stereocenters. The van der Waals surface area contributed by atoms with Crippen molar-refractivity contribution < 1.29 is 9.35 Å². The minimum Gasteiger partial charge on any atom is -0.593 e. The molecule has 4 N–H and O–H groups in total. The van der Waals surface area contributed by atoms with Crippen molar-refractivity contribution in [3.63, 3.8) is 0 Å². The van der Waals surface area contributed by atoms with Crippen LogP contribution in [-0.4, -0.2) is 37.8 Å². The van der Waals surface area contributed by atoms with Gasteiger partial charge in [-0.2, -0.15) is 0 Å². The predicted molar refractivity (Wildman–Crippen MR) is 188 cm³/mol. The maximum absolute atomic E-state index is 14.1. The Kier molecular flexibility index (Phi) is 10.4. The molecule has 2 aromatic heterocycles. The van der Waals surface area contributed by atoms with Crippen molar-refractivity contribution in [3.8, 4) is 0 Å². The summed E-state index contributed by atoms with van der Waals surface area (Å²) in [6.45, 7) is 14.3. The summed E-state index contributed by atoms with van der Waals surface area (Å²) in [5, 5.41) is 6.45. The van der Waals surface area contributed by atoms with Crippen molar-refractivity contribution >= 4 is 34.3 Å². The van der Waals surface area contributed by atoms with Gasteiger partial charge in [0.15, 0.2) is 4.90 Å². The SMILES string of the molecule is CCNc1ccc(C(c2ccc(C)c(CN3C[C@@H](CC)Cc4ncccc4[S+]3[O-])c2)C(C)(C)C(=O)Nc2cccnc2)c(C)c1N. The molecular formula is C37H46N6O2S. The first-order chi connectivity index (χ1) is 22.0. The summed E-state index contributed by atoms with van der Waals surface area (Å²) in [4.78, 5) is 23.6. The number of nitrogens with two attached hydrogens (primary N) is 1. The largest absolute Gasteiger partial charge is 0.593 e. The molecular weight excluding hydrogens is 593 g/mol. The van der Waals surface area contributed by atoms with E-state index >= 15 is 0 Å². The number of rotatable bonds is 10. The minimum atomic E-state index is -1.34.